The predicted octanol–water partition coefficient (Wildman–Crippen LogP) is 6.73. The first-order valence-electron chi connectivity index (χ1n) is 10.4. The number of nitrogens with zero attached hydrogens (tertiary/aromatic N) is 3. The molecule has 1 N–H and O–H groups in total. The highest BCUT2D eigenvalue weighted by atomic mass is 16.1. The topological polar surface area (TPSA) is 66.7 Å². The van der Waals surface area contributed by atoms with Crippen molar-refractivity contribution >= 4 is 39.1 Å². The fourth-order valence-electron chi connectivity index (χ4n) is 3.57. The zero-order valence-electron chi connectivity index (χ0n) is 17.3. The van der Waals surface area contributed by atoms with Crippen molar-refractivity contribution in [2.45, 2.75) is 6.54 Å². The first-order valence-corrected chi connectivity index (χ1v) is 10.4. The van der Waals surface area contributed by atoms with Crippen LogP contribution >= 0.6 is 0 Å². The molecule has 0 saturated heterocycles. The Hall–Kier alpha value is -4.38. The van der Waals surface area contributed by atoms with E-state index in [4.69, 9.17) is 4.98 Å². The van der Waals surface area contributed by atoms with Crippen LogP contribution in [0.25, 0.3) is 21.8 Å². The summed E-state index contributed by atoms with van der Waals surface area (Å²) in [4.78, 5) is 17.5. The number of fused-ring (bicyclic) bond motifs is 2. The van der Waals surface area contributed by atoms with Gasteiger partial charge in [0.25, 0.3) is 5.91 Å². The Kier molecular flexibility index (Phi) is 5.37. The molecular weight excluding hydrogens is 396 g/mol. The molecule has 5 aromatic rings. The maximum absolute atomic E-state index is 12.7. The van der Waals surface area contributed by atoms with Crippen LogP contribution in [0.15, 0.2) is 113 Å². The molecule has 0 fully saturated rings. The molecule has 0 aliphatic heterocycles. The van der Waals surface area contributed by atoms with E-state index in [0.29, 0.717) is 17.8 Å². The van der Waals surface area contributed by atoms with E-state index in [1.807, 2.05) is 66.7 Å². The summed E-state index contributed by atoms with van der Waals surface area (Å²) < 4.78 is 0. The SMILES string of the molecule is O=C(NCc1cccc2cc3ccccc3nc12)c1ccc(N=Nc2ccccc2)cc1. The van der Waals surface area contributed by atoms with Crippen molar-refractivity contribution < 1.29 is 4.79 Å². The van der Waals surface area contributed by atoms with Crippen LogP contribution in [0.1, 0.15) is 15.9 Å². The van der Waals surface area contributed by atoms with Gasteiger partial charge in [0.1, 0.15) is 0 Å². The quantitative estimate of drug-likeness (QED) is 0.255. The van der Waals surface area contributed by atoms with Crippen molar-refractivity contribution in [1.29, 1.82) is 0 Å². The van der Waals surface area contributed by atoms with Crippen molar-refractivity contribution in [1.82, 2.24) is 10.3 Å². The molecule has 1 amide bonds. The molecule has 0 radical (unpaired) electrons. The highest BCUT2D eigenvalue weighted by molar-refractivity contribution is 5.96. The van der Waals surface area contributed by atoms with E-state index in [2.05, 4.69) is 27.7 Å². The second kappa shape index (κ2) is 8.78. The molecule has 0 aliphatic rings. The smallest absolute Gasteiger partial charge is 0.251 e. The molecule has 5 heteroatoms. The third-order valence-corrected chi connectivity index (χ3v) is 5.24. The maximum Gasteiger partial charge on any atom is 0.251 e. The first-order chi connectivity index (χ1) is 15.8. The van der Waals surface area contributed by atoms with E-state index in [9.17, 15) is 4.79 Å². The lowest BCUT2D eigenvalue weighted by atomic mass is 10.1. The van der Waals surface area contributed by atoms with Crippen LogP contribution in [-0.4, -0.2) is 10.9 Å². The number of azo groups is 1. The summed E-state index contributed by atoms with van der Waals surface area (Å²) in [6.07, 6.45) is 0. The number of pyridine rings is 1. The van der Waals surface area contributed by atoms with Gasteiger partial charge in [-0.25, -0.2) is 4.98 Å². The minimum absolute atomic E-state index is 0.144. The number of benzene rings is 4. The van der Waals surface area contributed by atoms with Crippen molar-refractivity contribution in [3.63, 3.8) is 0 Å². The number of aromatic nitrogens is 1. The molecule has 0 atom stereocenters. The van der Waals surface area contributed by atoms with Crippen LogP contribution in [0.4, 0.5) is 11.4 Å². The van der Waals surface area contributed by atoms with E-state index in [1.165, 1.54) is 0 Å². The van der Waals surface area contributed by atoms with Crippen molar-refractivity contribution in [2.24, 2.45) is 10.2 Å². The Morgan fingerprint density at radius 2 is 1.41 bits per heavy atom. The number of amides is 1. The fourth-order valence-corrected chi connectivity index (χ4v) is 3.57. The van der Waals surface area contributed by atoms with E-state index in [0.717, 1.165) is 33.1 Å². The van der Waals surface area contributed by atoms with Gasteiger partial charge in [0.15, 0.2) is 0 Å². The van der Waals surface area contributed by atoms with E-state index in [1.54, 1.807) is 24.3 Å². The van der Waals surface area contributed by atoms with Crippen LogP contribution in [0, 0.1) is 0 Å². The molecular formula is C27H20N4O. The van der Waals surface area contributed by atoms with Gasteiger partial charge in [-0.1, -0.05) is 54.6 Å². The third-order valence-electron chi connectivity index (χ3n) is 5.24. The Morgan fingerprint density at radius 1 is 0.719 bits per heavy atom. The molecule has 0 saturated carbocycles. The normalized spacial score (nSPS) is 11.2. The number of hydrogen-bond acceptors (Lipinski definition) is 4. The van der Waals surface area contributed by atoms with Crippen molar-refractivity contribution in [2.75, 3.05) is 0 Å². The lowest BCUT2D eigenvalue weighted by molar-refractivity contribution is 0.0951. The minimum Gasteiger partial charge on any atom is -0.348 e. The fraction of sp³-hybridized carbons (Fsp3) is 0.0370. The molecule has 0 aliphatic carbocycles. The lowest BCUT2D eigenvalue weighted by Crippen LogP contribution is -2.22. The van der Waals surface area contributed by atoms with Crippen LogP contribution in [0.2, 0.25) is 0 Å². The largest absolute Gasteiger partial charge is 0.348 e. The first kappa shape index (κ1) is 19.6. The predicted molar refractivity (Wildman–Crippen MR) is 127 cm³/mol. The Morgan fingerprint density at radius 3 is 2.22 bits per heavy atom. The van der Waals surface area contributed by atoms with Crippen LogP contribution < -0.4 is 5.32 Å². The number of carbonyl (C=O) groups excluding carboxylic acids is 1. The van der Waals surface area contributed by atoms with Gasteiger partial charge in [0, 0.05) is 22.9 Å². The molecule has 5 nitrogen and oxygen atoms in total. The average Bonchev–Trinajstić information content (AvgIpc) is 2.85. The number of para-hydroxylation sites is 2. The van der Waals surface area contributed by atoms with Crippen LogP contribution in [-0.2, 0) is 6.54 Å². The summed E-state index contributed by atoms with van der Waals surface area (Å²) in [7, 11) is 0. The van der Waals surface area contributed by atoms with Gasteiger partial charge in [-0.15, -0.1) is 0 Å². The molecule has 1 heterocycles. The monoisotopic (exact) mass is 416 g/mol. The second-order valence-corrected chi connectivity index (χ2v) is 7.44. The van der Waals surface area contributed by atoms with Crippen LogP contribution in [0.5, 0.6) is 0 Å². The standard InChI is InChI=1S/C27H20N4O/c32-27(19-13-15-24(16-14-19)31-30-23-10-2-1-3-11-23)28-18-22-9-6-8-21-17-20-7-4-5-12-25(20)29-26(21)22/h1-17H,18H2,(H,28,32). The highest BCUT2D eigenvalue weighted by Gasteiger charge is 2.09. The number of hydrogen-bond donors (Lipinski definition) is 1. The summed E-state index contributed by atoms with van der Waals surface area (Å²) in [6.45, 7) is 0.400. The van der Waals surface area contributed by atoms with Gasteiger partial charge in [0.2, 0.25) is 0 Å². The Balaban J connectivity index is 1.30. The zero-order valence-corrected chi connectivity index (χ0v) is 17.3. The third kappa shape index (κ3) is 4.23. The Labute approximate surface area is 185 Å². The maximum atomic E-state index is 12.7. The Bertz CT molecular complexity index is 1430. The summed E-state index contributed by atoms with van der Waals surface area (Å²) in [5.74, 6) is -0.144. The van der Waals surface area contributed by atoms with E-state index >= 15 is 0 Å². The summed E-state index contributed by atoms with van der Waals surface area (Å²) in [6, 6.07) is 32.8. The summed E-state index contributed by atoms with van der Waals surface area (Å²) in [5.41, 5.74) is 4.88. The van der Waals surface area contributed by atoms with Gasteiger partial charge in [-0.2, -0.15) is 10.2 Å². The molecule has 0 unspecified atom stereocenters. The summed E-state index contributed by atoms with van der Waals surface area (Å²) in [5, 5.41) is 13.6. The minimum atomic E-state index is -0.144. The molecule has 4 aromatic carbocycles. The van der Waals surface area contributed by atoms with Gasteiger partial charge in [-0.05, 0) is 54.1 Å². The number of carbonyl (C=O) groups is 1. The van der Waals surface area contributed by atoms with E-state index < -0.39 is 0 Å². The van der Waals surface area contributed by atoms with Crippen molar-refractivity contribution in [3.05, 3.63) is 114 Å². The molecule has 5 rings (SSSR count). The molecule has 154 valence electrons. The second-order valence-electron chi connectivity index (χ2n) is 7.44. The molecule has 32 heavy (non-hydrogen) atoms. The summed E-state index contributed by atoms with van der Waals surface area (Å²) >= 11 is 0. The van der Waals surface area contributed by atoms with Gasteiger partial charge in [-0.3, -0.25) is 4.79 Å². The highest BCUT2D eigenvalue weighted by Crippen LogP contribution is 2.23. The molecule has 0 bridgehead atoms. The van der Waals surface area contributed by atoms with Crippen molar-refractivity contribution in [3.8, 4) is 0 Å². The van der Waals surface area contributed by atoms with E-state index in [-0.39, 0.29) is 5.91 Å². The zero-order chi connectivity index (χ0) is 21.8. The lowest BCUT2D eigenvalue weighted by Gasteiger charge is -2.09. The van der Waals surface area contributed by atoms with Gasteiger partial charge < -0.3 is 5.32 Å². The molecule has 0 spiro atoms. The van der Waals surface area contributed by atoms with Crippen LogP contribution in [0.3, 0.4) is 0 Å². The average molecular weight is 416 g/mol. The van der Waals surface area contributed by atoms with Gasteiger partial charge >= 0.3 is 0 Å². The number of rotatable bonds is 5. The molecule has 1 aromatic heterocycles. The number of nitrogens with one attached hydrogen (secondary N) is 1. The van der Waals surface area contributed by atoms with Gasteiger partial charge in [0.05, 0.1) is 22.4 Å².